The van der Waals surface area contributed by atoms with Crippen molar-refractivity contribution >= 4 is 27.3 Å². The van der Waals surface area contributed by atoms with Gasteiger partial charge in [-0.3, -0.25) is 9.52 Å². The highest BCUT2D eigenvalue weighted by Crippen LogP contribution is 2.31. The molecule has 0 bridgehead atoms. The SMILES string of the molecule is CC(=O)N1CCc2ccc(NS(=O)(=O)c3ccc(OC(C)C)cc3)cc21. The van der Waals surface area contributed by atoms with E-state index in [1.807, 2.05) is 19.9 Å². The second-order valence-corrected chi connectivity index (χ2v) is 8.19. The summed E-state index contributed by atoms with van der Waals surface area (Å²) >= 11 is 0. The Balaban J connectivity index is 1.82. The standard InChI is InChI=1S/C19H22N2O4S/c1-13(2)25-17-6-8-18(9-7-17)26(23,24)20-16-5-4-15-10-11-21(14(3)22)19(15)12-16/h4-9,12-13,20H,10-11H2,1-3H3. The highest BCUT2D eigenvalue weighted by molar-refractivity contribution is 7.92. The summed E-state index contributed by atoms with van der Waals surface area (Å²) in [4.78, 5) is 13.5. The van der Waals surface area contributed by atoms with Gasteiger partial charge in [-0.2, -0.15) is 0 Å². The van der Waals surface area contributed by atoms with Crippen molar-refractivity contribution in [2.45, 2.75) is 38.2 Å². The fourth-order valence-electron chi connectivity index (χ4n) is 2.95. The molecule has 0 unspecified atom stereocenters. The van der Waals surface area contributed by atoms with E-state index in [4.69, 9.17) is 4.74 Å². The van der Waals surface area contributed by atoms with Gasteiger partial charge in [0.05, 0.1) is 16.7 Å². The lowest BCUT2D eigenvalue weighted by atomic mass is 10.1. The molecule has 0 fully saturated rings. The number of ether oxygens (including phenoxy) is 1. The quantitative estimate of drug-likeness (QED) is 0.872. The van der Waals surface area contributed by atoms with Gasteiger partial charge in [-0.15, -0.1) is 0 Å². The van der Waals surface area contributed by atoms with Gasteiger partial charge in [0, 0.05) is 19.2 Å². The summed E-state index contributed by atoms with van der Waals surface area (Å²) in [6, 6.07) is 11.6. The van der Waals surface area contributed by atoms with E-state index in [0.29, 0.717) is 18.0 Å². The van der Waals surface area contributed by atoms with Gasteiger partial charge in [0.25, 0.3) is 10.0 Å². The van der Waals surface area contributed by atoms with Gasteiger partial charge in [0.1, 0.15) is 5.75 Å². The van der Waals surface area contributed by atoms with E-state index in [1.165, 1.54) is 19.1 Å². The van der Waals surface area contributed by atoms with Crippen molar-refractivity contribution in [2.24, 2.45) is 0 Å². The number of carbonyl (C=O) groups is 1. The molecule has 7 heteroatoms. The van der Waals surface area contributed by atoms with Crippen molar-refractivity contribution in [1.82, 2.24) is 0 Å². The average Bonchev–Trinajstić information content (AvgIpc) is 2.97. The zero-order chi connectivity index (χ0) is 18.9. The van der Waals surface area contributed by atoms with Crippen LogP contribution in [0.15, 0.2) is 47.4 Å². The molecule has 2 aromatic rings. The minimum absolute atomic E-state index is 0.0196. The molecular formula is C19H22N2O4S. The number of amides is 1. The highest BCUT2D eigenvalue weighted by Gasteiger charge is 2.23. The lowest BCUT2D eigenvalue weighted by Crippen LogP contribution is -2.25. The molecule has 1 aliphatic rings. The van der Waals surface area contributed by atoms with Crippen molar-refractivity contribution in [3.8, 4) is 5.75 Å². The van der Waals surface area contributed by atoms with Crippen molar-refractivity contribution in [3.63, 3.8) is 0 Å². The summed E-state index contributed by atoms with van der Waals surface area (Å²) < 4.78 is 33.3. The number of fused-ring (bicyclic) bond motifs is 1. The van der Waals surface area contributed by atoms with Crippen LogP contribution in [0.1, 0.15) is 26.3 Å². The van der Waals surface area contributed by atoms with Crippen LogP contribution in [0.2, 0.25) is 0 Å². The Morgan fingerprint density at radius 3 is 2.46 bits per heavy atom. The van der Waals surface area contributed by atoms with E-state index < -0.39 is 10.0 Å². The predicted molar refractivity (Wildman–Crippen MR) is 101 cm³/mol. The predicted octanol–water partition coefficient (Wildman–Crippen LogP) is 3.18. The third-order valence-electron chi connectivity index (χ3n) is 4.12. The fourth-order valence-corrected chi connectivity index (χ4v) is 4.00. The first-order chi connectivity index (χ1) is 12.3. The fraction of sp³-hybridized carbons (Fsp3) is 0.316. The van der Waals surface area contributed by atoms with E-state index in [9.17, 15) is 13.2 Å². The lowest BCUT2D eigenvalue weighted by Gasteiger charge is -2.16. The van der Waals surface area contributed by atoms with E-state index >= 15 is 0 Å². The number of carbonyl (C=O) groups excluding carboxylic acids is 1. The maximum Gasteiger partial charge on any atom is 0.261 e. The van der Waals surface area contributed by atoms with Gasteiger partial charge >= 0.3 is 0 Å². The Morgan fingerprint density at radius 2 is 1.85 bits per heavy atom. The molecule has 26 heavy (non-hydrogen) atoms. The molecule has 1 aliphatic heterocycles. The van der Waals surface area contributed by atoms with Crippen molar-refractivity contribution in [2.75, 3.05) is 16.2 Å². The van der Waals surface area contributed by atoms with E-state index in [2.05, 4.69) is 4.72 Å². The molecule has 0 saturated carbocycles. The molecule has 0 atom stereocenters. The summed E-state index contributed by atoms with van der Waals surface area (Å²) in [5, 5.41) is 0. The lowest BCUT2D eigenvalue weighted by molar-refractivity contribution is -0.116. The molecule has 6 nitrogen and oxygen atoms in total. The van der Waals surface area contributed by atoms with Crippen LogP contribution in [0.5, 0.6) is 5.75 Å². The third-order valence-corrected chi connectivity index (χ3v) is 5.52. The van der Waals surface area contributed by atoms with Crippen molar-refractivity contribution in [1.29, 1.82) is 0 Å². The summed E-state index contributed by atoms with van der Waals surface area (Å²) in [5.41, 5.74) is 2.23. The maximum atomic E-state index is 12.6. The largest absolute Gasteiger partial charge is 0.491 e. The van der Waals surface area contributed by atoms with Crippen LogP contribution in [-0.2, 0) is 21.2 Å². The third kappa shape index (κ3) is 3.83. The van der Waals surface area contributed by atoms with E-state index in [-0.39, 0.29) is 16.9 Å². The minimum atomic E-state index is -3.72. The smallest absolute Gasteiger partial charge is 0.261 e. The summed E-state index contributed by atoms with van der Waals surface area (Å²) in [5.74, 6) is 0.568. The van der Waals surface area contributed by atoms with Gasteiger partial charge in [0.15, 0.2) is 0 Å². The zero-order valence-electron chi connectivity index (χ0n) is 15.0. The zero-order valence-corrected chi connectivity index (χ0v) is 15.8. The Morgan fingerprint density at radius 1 is 1.15 bits per heavy atom. The van der Waals surface area contributed by atoms with Crippen LogP contribution in [0.4, 0.5) is 11.4 Å². The molecule has 1 N–H and O–H groups in total. The molecule has 138 valence electrons. The number of benzene rings is 2. The molecule has 3 rings (SSSR count). The molecule has 1 heterocycles. The summed E-state index contributed by atoms with van der Waals surface area (Å²) in [6.45, 7) is 5.94. The van der Waals surface area contributed by atoms with Crippen molar-refractivity contribution in [3.05, 3.63) is 48.0 Å². The normalized spacial score (nSPS) is 13.6. The van der Waals surface area contributed by atoms with Crippen LogP contribution < -0.4 is 14.4 Å². The topological polar surface area (TPSA) is 75.7 Å². The summed E-state index contributed by atoms with van der Waals surface area (Å²) in [7, 11) is -3.72. The molecule has 0 radical (unpaired) electrons. The van der Waals surface area contributed by atoms with E-state index in [1.54, 1.807) is 29.2 Å². The Bertz CT molecular complexity index is 921. The Labute approximate surface area is 153 Å². The molecule has 1 amide bonds. The molecular weight excluding hydrogens is 352 g/mol. The Hall–Kier alpha value is -2.54. The van der Waals surface area contributed by atoms with Crippen LogP contribution >= 0.6 is 0 Å². The number of hydrogen-bond acceptors (Lipinski definition) is 4. The van der Waals surface area contributed by atoms with Crippen molar-refractivity contribution < 1.29 is 17.9 Å². The molecule has 0 aromatic heterocycles. The van der Waals surface area contributed by atoms with Crippen LogP contribution in [0.3, 0.4) is 0 Å². The Kier molecular flexibility index (Phi) is 4.91. The molecule has 0 aliphatic carbocycles. The monoisotopic (exact) mass is 374 g/mol. The first-order valence-corrected chi connectivity index (χ1v) is 9.95. The van der Waals surface area contributed by atoms with Gasteiger partial charge in [-0.1, -0.05) is 6.07 Å². The van der Waals surface area contributed by atoms with Gasteiger partial charge in [-0.05, 0) is 62.2 Å². The average molecular weight is 374 g/mol. The second kappa shape index (κ2) is 6.99. The number of hydrogen-bond donors (Lipinski definition) is 1. The van der Waals surface area contributed by atoms with Gasteiger partial charge < -0.3 is 9.64 Å². The molecule has 0 spiro atoms. The second-order valence-electron chi connectivity index (χ2n) is 6.51. The number of nitrogens with one attached hydrogen (secondary N) is 1. The number of rotatable bonds is 5. The molecule has 2 aromatic carbocycles. The molecule has 0 saturated heterocycles. The maximum absolute atomic E-state index is 12.6. The highest BCUT2D eigenvalue weighted by atomic mass is 32.2. The van der Waals surface area contributed by atoms with Crippen LogP contribution in [-0.4, -0.2) is 27.0 Å². The first kappa shape index (κ1) is 18.3. The van der Waals surface area contributed by atoms with Crippen LogP contribution in [0.25, 0.3) is 0 Å². The van der Waals surface area contributed by atoms with E-state index in [0.717, 1.165) is 17.7 Å². The van der Waals surface area contributed by atoms with Crippen LogP contribution in [0, 0.1) is 0 Å². The number of nitrogens with zero attached hydrogens (tertiary/aromatic N) is 1. The summed E-state index contributed by atoms with van der Waals surface area (Å²) in [6.07, 6.45) is 0.797. The van der Waals surface area contributed by atoms with Gasteiger partial charge in [-0.25, -0.2) is 8.42 Å². The minimum Gasteiger partial charge on any atom is -0.491 e. The number of sulfonamides is 1. The first-order valence-electron chi connectivity index (χ1n) is 8.47. The number of anilines is 2. The van der Waals surface area contributed by atoms with Gasteiger partial charge in [0.2, 0.25) is 5.91 Å².